The van der Waals surface area contributed by atoms with Crippen LogP contribution in [0, 0.1) is 0 Å². The molecule has 3 heterocycles. The first-order valence-electron chi connectivity index (χ1n) is 13.6. The third-order valence-electron chi connectivity index (χ3n) is 7.53. The molecule has 8 nitrogen and oxygen atoms in total. The SMILES string of the molecule is CC(C)(C)[Si](OCC(CCn1ccc2nc(N)nc(N)c21)c1ccc(C(=O)O)s1)(c1ccccc1)c1ccccc1. The van der Waals surface area contributed by atoms with Crippen LogP contribution < -0.4 is 21.8 Å². The molecule has 212 valence electrons. The zero-order chi connectivity index (χ0) is 29.2. The van der Waals surface area contributed by atoms with Crippen molar-refractivity contribution >= 4 is 58.8 Å². The van der Waals surface area contributed by atoms with Crippen molar-refractivity contribution in [2.75, 3.05) is 18.1 Å². The number of nitrogens with two attached hydrogens (primary N) is 2. The number of fused-ring (bicyclic) bond motifs is 1. The summed E-state index contributed by atoms with van der Waals surface area (Å²) in [6, 6.07) is 26.5. The smallest absolute Gasteiger partial charge is 0.345 e. The molecule has 1 atom stereocenters. The number of carboxylic acid groups (broad SMARTS) is 1. The van der Waals surface area contributed by atoms with E-state index in [1.54, 1.807) is 6.07 Å². The van der Waals surface area contributed by atoms with Crippen molar-refractivity contribution in [2.45, 2.75) is 44.7 Å². The van der Waals surface area contributed by atoms with Crippen LogP contribution in [-0.2, 0) is 11.0 Å². The Labute approximate surface area is 244 Å². The van der Waals surface area contributed by atoms with E-state index >= 15 is 0 Å². The van der Waals surface area contributed by atoms with E-state index < -0.39 is 14.3 Å². The van der Waals surface area contributed by atoms with Crippen LogP contribution in [0.3, 0.4) is 0 Å². The maximum atomic E-state index is 11.8. The van der Waals surface area contributed by atoms with Crippen LogP contribution in [-0.4, -0.2) is 40.5 Å². The molecule has 0 aliphatic carbocycles. The summed E-state index contributed by atoms with van der Waals surface area (Å²) in [4.78, 5) is 21.5. The zero-order valence-corrected chi connectivity index (χ0v) is 25.3. The number of carboxylic acids is 1. The second kappa shape index (κ2) is 11.5. The number of nitrogen functional groups attached to an aromatic ring is 2. The van der Waals surface area contributed by atoms with E-state index in [0.29, 0.717) is 35.8 Å². The summed E-state index contributed by atoms with van der Waals surface area (Å²) in [6.45, 7) is 7.81. The number of anilines is 2. The fourth-order valence-corrected chi connectivity index (χ4v) is 11.2. The summed E-state index contributed by atoms with van der Waals surface area (Å²) in [5.41, 5.74) is 13.4. The number of carbonyl (C=O) groups is 1. The highest BCUT2D eigenvalue weighted by molar-refractivity contribution is 7.14. The average molecular weight is 586 g/mol. The molecule has 0 fully saturated rings. The molecule has 41 heavy (non-hydrogen) atoms. The number of hydrogen-bond acceptors (Lipinski definition) is 7. The molecule has 2 aromatic carbocycles. The monoisotopic (exact) mass is 585 g/mol. The quantitative estimate of drug-likeness (QED) is 0.194. The van der Waals surface area contributed by atoms with Crippen molar-refractivity contribution in [1.29, 1.82) is 0 Å². The van der Waals surface area contributed by atoms with Crippen LogP contribution in [0.1, 0.15) is 47.7 Å². The number of aryl methyl sites for hydroxylation is 1. The number of benzene rings is 2. The highest BCUT2D eigenvalue weighted by atomic mass is 32.1. The van der Waals surface area contributed by atoms with Gasteiger partial charge in [0.05, 0.1) is 5.52 Å². The van der Waals surface area contributed by atoms with E-state index in [4.69, 9.17) is 15.9 Å². The molecule has 3 aromatic heterocycles. The molecule has 0 saturated carbocycles. The molecule has 0 amide bonds. The van der Waals surface area contributed by atoms with Gasteiger partial charge in [0.25, 0.3) is 8.32 Å². The molecule has 0 bridgehead atoms. The van der Waals surface area contributed by atoms with Gasteiger partial charge in [-0.15, -0.1) is 11.3 Å². The van der Waals surface area contributed by atoms with Crippen LogP contribution in [0.15, 0.2) is 85.1 Å². The largest absolute Gasteiger partial charge is 0.477 e. The third kappa shape index (κ3) is 5.63. The second-order valence-electron chi connectivity index (χ2n) is 11.2. The predicted octanol–water partition coefficient (Wildman–Crippen LogP) is 5.11. The van der Waals surface area contributed by atoms with Gasteiger partial charge in [0.1, 0.15) is 10.4 Å². The minimum Gasteiger partial charge on any atom is -0.477 e. The Bertz CT molecular complexity index is 1610. The number of rotatable bonds is 10. The standard InChI is InChI=1S/C31H35N5O3SSi/c1-31(2,3)41(22-10-6-4-7-11-22,23-12-8-5-9-13-23)39-20-21(25-14-15-26(40-25)29(37)38)16-18-36-19-17-24-27(36)28(32)35-30(33)34-24/h4-15,17,19,21H,16,18,20H2,1-3H3,(H,37,38)(H4,32,33,34,35). The molecule has 0 aliphatic rings. The Kier molecular flexibility index (Phi) is 7.99. The number of hydrogen-bond donors (Lipinski definition) is 3. The zero-order valence-electron chi connectivity index (χ0n) is 23.4. The summed E-state index contributed by atoms with van der Waals surface area (Å²) < 4.78 is 9.31. The normalized spacial score (nSPS) is 13.0. The van der Waals surface area contributed by atoms with Gasteiger partial charge < -0.3 is 25.6 Å². The lowest BCUT2D eigenvalue weighted by atomic mass is 10.0. The minimum absolute atomic E-state index is 0.0527. The summed E-state index contributed by atoms with van der Waals surface area (Å²) in [5, 5.41) is 11.9. The maximum absolute atomic E-state index is 11.8. The highest BCUT2D eigenvalue weighted by Crippen LogP contribution is 2.39. The van der Waals surface area contributed by atoms with Gasteiger partial charge >= 0.3 is 5.97 Å². The average Bonchev–Trinajstić information content (AvgIpc) is 3.59. The molecule has 0 saturated heterocycles. The van der Waals surface area contributed by atoms with Crippen LogP contribution in [0.4, 0.5) is 11.8 Å². The molecule has 10 heteroatoms. The van der Waals surface area contributed by atoms with Gasteiger partial charge in [0, 0.05) is 30.1 Å². The topological polar surface area (TPSA) is 129 Å². The predicted molar refractivity (Wildman–Crippen MR) is 169 cm³/mol. The molecule has 0 radical (unpaired) electrons. The second-order valence-corrected chi connectivity index (χ2v) is 16.6. The number of aromatic carboxylic acids is 1. The molecule has 5 rings (SSSR count). The molecule has 5 aromatic rings. The van der Waals surface area contributed by atoms with Crippen LogP contribution in [0.5, 0.6) is 0 Å². The Morgan fingerprint density at radius 2 is 1.61 bits per heavy atom. The summed E-state index contributed by atoms with van der Waals surface area (Å²) in [5.74, 6) is -0.499. The maximum Gasteiger partial charge on any atom is 0.345 e. The van der Waals surface area contributed by atoms with E-state index in [1.165, 1.54) is 21.7 Å². The lowest BCUT2D eigenvalue weighted by Crippen LogP contribution is -2.66. The highest BCUT2D eigenvalue weighted by Gasteiger charge is 2.50. The Balaban J connectivity index is 1.53. The minimum atomic E-state index is -2.79. The first kappa shape index (κ1) is 28.5. The van der Waals surface area contributed by atoms with Crippen molar-refractivity contribution in [1.82, 2.24) is 14.5 Å². The van der Waals surface area contributed by atoms with Gasteiger partial charge in [-0.3, -0.25) is 0 Å². The van der Waals surface area contributed by atoms with Gasteiger partial charge in [0.2, 0.25) is 5.95 Å². The first-order valence-corrected chi connectivity index (χ1v) is 16.3. The summed E-state index contributed by atoms with van der Waals surface area (Å²) >= 11 is 1.31. The van der Waals surface area contributed by atoms with Gasteiger partial charge in [-0.1, -0.05) is 81.4 Å². The lowest BCUT2D eigenvalue weighted by Gasteiger charge is -2.43. The van der Waals surface area contributed by atoms with Crippen molar-refractivity contribution in [3.63, 3.8) is 0 Å². The van der Waals surface area contributed by atoms with E-state index in [1.807, 2.05) is 35.0 Å². The summed E-state index contributed by atoms with van der Waals surface area (Å²) in [6.07, 6.45) is 2.64. The Hall–Kier alpha value is -3.99. The van der Waals surface area contributed by atoms with E-state index in [2.05, 4.69) is 79.3 Å². The van der Waals surface area contributed by atoms with E-state index in [-0.39, 0.29) is 16.9 Å². The molecule has 0 aliphatic heterocycles. The van der Waals surface area contributed by atoms with Crippen molar-refractivity contribution in [2.24, 2.45) is 0 Å². The molecule has 5 N–H and O–H groups in total. The van der Waals surface area contributed by atoms with E-state index in [0.717, 1.165) is 10.4 Å². The molecular weight excluding hydrogens is 551 g/mol. The number of aromatic nitrogens is 3. The van der Waals surface area contributed by atoms with Crippen molar-refractivity contribution < 1.29 is 14.3 Å². The third-order valence-corrected chi connectivity index (χ3v) is 13.8. The summed E-state index contributed by atoms with van der Waals surface area (Å²) in [7, 11) is -2.79. The Morgan fingerprint density at radius 1 is 0.976 bits per heavy atom. The molecular formula is C31H35N5O3SSi. The van der Waals surface area contributed by atoms with Crippen LogP contribution >= 0.6 is 11.3 Å². The number of nitrogens with zero attached hydrogens (tertiary/aromatic N) is 3. The Morgan fingerprint density at radius 3 is 2.17 bits per heavy atom. The van der Waals surface area contributed by atoms with E-state index in [9.17, 15) is 9.90 Å². The van der Waals surface area contributed by atoms with Crippen molar-refractivity contribution in [3.8, 4) is 0 Å². The van der Waals surface area contributed by atoms with Gasteiger partial charge in [-0.25, -0.2) is 9.78 Å². The number of thiophene rings is 1. The van der Waals surface area contributed by atoms with Gasteiger partial charge in [-0.2, -0.15) is 4.98 Å². The van der Waals surface area contributed by atoms with Crippen molar-refractivity contribution in [3.05, 3.63) is 94.8 Å². The lowest BCUT2D eigenvalue weighted by molar-refractivity contribution is 0.0702. The van der Waals surface area contributed by atoms with Gasteiger partial charge in [0.15, 0.2) is 5.82 Å². The molecule has 0 spiro atoms. The fraction of sp³-hybridized carbons (Fsp3) is 0.258. The molecule has 1 unspecified atom stereocenters. The van der Waals surface area contributed by atoms with Gasteiger partial charge in [-0.05, 0) is 40.0 Å². The van der Waals surface area contributed by atoms with Crippen LogP contribution in [0.25, 0.3) is 11.0 Å². The first-order chi connectivity index (χ1) is 19.6. The van der Waals surface area contributed by atoms with Crippen LogP contribution in [0.2, 0.25) is 5.04 Å². The fourth-order valence-electron chi connectivity index (χ4n) is 5.62.